The fourth-order valence-electron chi connectivity index (χ4n) is 0.361. The molecule has 0 aliphatic rings. The van der Waals surface area contributed by atoms with Gasteiger partial charge in [0.25, 0.3) is 0 Å². The van der Waals surface area contributed by atoms with E-state index in [2.05, 4.69) is 5.32 Å². The fourth-order valence-corrected chi connectivity index (χ4v) is 0.361. The summed E-state index contributed by atoms with van der Waals surface area (Å²) >= 11 is 0. The van der Waals surface area contributed by atoms with Gasteiger partial charge in [-0.15, -0.1) is 0 Å². The van der Waals surface area contributed by atoms with Crippen LogP contribution in [0.4, 0.5) is 0 Å². The highest BCUT2D eigenvalue weighted by molar-refractivity contribution is 4.37. The number of nitrogens with one attached hydrogen (secondary N) is 1. The average molecular weight is 147 g/mol. The Kier molecular flexibility index (Phi) is 5.58. The minimum Gasteiger partial charge on any atom is -0.353 e. The van der Waals surface area contributed by atoms with Crippen LogP contribution in [0.25, 0.3) is 0 Å². The quantitative estimate of drug-likeness (QED) is 0.587. The molecule has 0 aromatic rings. The molecule has 0 heterocycles. The van der Waals surface area contributed by atoms with Gasteiger partial charge in [-0.25, -0.2) is 0 Å². The highest BCUT2D eigenvalue weighted by atomic mass is 16.7. The van der Waals surface area contributed by atoms with Crippen LogP contribution in [0.15, 0.2) is 0 Å². The SMILES string of the molecule is CNC(C)OCOC(C)C. The highest BCUT2D eigenvalue weighted by Gasteiger charge is 1.97. The maximum atomic E-state index is 5.17. The molecule has 0 bridgehead atoms. The summed E-state index contributed by atoms with van der Waals surface area (Å²) in [5, 5.41) is 2.94. The molecule has 0 spiro atoms. The third-order valence-electron chi connectivity index (χ3n) is 1.13. The van der Waals surface area contributed by atoms with E-state index in [0.717, 1.165) is 0 Å². The van der Waals surface area contributed by atoms with Crippen molar-refractivity contribution in [3.63, 3.8) is 0 Å². The predicted octanol–water partition coefficient (Wildman–Crippen LogP) is 0.951. The summed E-state index contributed by atoms with van der Waals surface area (Å²) in [5.74, 6) is 0. The molecule has 1 N–H and O–H groups in total. The molecule has 0 aliphatic heterocycles. The Bertz CT molecular complexity index is 76.0. The number of hydrogen-bond donors (Lipinski definition) is 1. The topological polar surface area (TPSA) is 30.5 Å². The lowest BCUT2D eigenvalue weighted by Crippen LogP contribution is -2.26. The Balaban J connectivity index is 3.03. The Hall–Kier alpha value is -0.120. The van der Waals surface area contributed by atoms with E-state index >= 15 is 0 Å². The van der Waals surface area contributed by atoms with E-state index in [9.17, 15) is 0 Å². The second-order valence-corrected chi connectivity index (χ2v) is 2.43. The minimum absolute atomic E-state index is 0.0683. The zero-order chi connectivity index (χ0) is 7.98. The largest absolute Gasteiger partial charge is 0.353 e. The molecule has 1 unspecified atom stereocenters. The number of rotatable bonds is 5. The van der Waals surface area contributed by atoms with Crippen LogP contribution in [0.1, 0.15) is 20.8 Å². The lowest BCUT2D eigenvalue weighted by atomic mass is 10.5. The van der Waals surface area contributed by atoms with Crippen LogP contribution < -0.4 is 5.32 Å². The van der Waals surface area contributed by atoms with E-state index in [1.807, 2.05) is 27.8 Å². The van der Waals surface area contributed by atoms with Gasteiger partial charge in [-0.1, -0.05) is 0 Å². The normalized spacial score (nSPS) is 14.1. The number of hydrogen-bond acceptors (Lipinski definition) is 3. The van der Waals surface area contributed by atoms with Gasteiger partial charge in [0.05, 0.1) is 6.10 Å². The van der Waals surface area contributed by atoms with Crippen LogP contribution in [-0.2, 0) is 9.47 Å². The Morgan fingerprint density at radius 1 is 1.20 bits per heavy atom. The molecule has 10 heavy (non-hydrogen) atoms. The predicted molar refractivity (Wildman–Crippen MR) is 40.7 cm³/mol. The standard InChI is InChI=1S/C7H17NO2/c1-6(2)9-5-10-7(3)8-4/h6-8H,5H2,1-4H3. The first-order chi connectivity index (χ1) is 4.66. The van der Waals surface area contributed by atoms with Crippen molar-refractivity contribution >= 4 is 0 Å². The van der Waals surface area contributed by atoms with Crippen LogP contribution in [0.3, 0.4) is 0 Å². The van der Waals surface area contributed by atoms with E-state index in [1.54, 1.807) is 0 Å². The molecule has 3 heteroatoms. The van der Waals surface area contributed by atoms with Crippen molar-refractivity contribution in [3.05, 3.63) is 0 Å². The molecule has 0 radical (unpaired) electrons. The first-order valence-corrected chi connectivity index (χ1v) is 3.57. The van der Waals surface area contributed by atoms with Gasteiger partial charge in [0.2, 0.25) is 0 Å². The molecule has 0 saturated heterocycles. The molecular weight excluding hydrogens is 130 g/mol. The molecule has 0 saturated carbocycles. The zero-order valence-electron chi connectivity index (χ0n) is 7.18. The summed E-state index contributed by atoms with van der Waals surface area (Å²) in [5.41, 5.74) is 0. The summed E-state index contributed by atoms with van der Waals surface area (Å²) in [6, 6.07) is 0. The molecular formula is C7H17NO2. The summed E-state index contributed by atoms with van der Waals surface area (Å²) in [6.45, 7) is 6.25. The van der Waals surface area contributed by atoms with Crippen LogP contribution in [0, 0.1) is 0 Å². The monoisotopic (exact) mass is 147 g/mol. The van der Waals surface area contributed by atoms with Gasteiger partial charge in [0, 0.05) is 0 Å². The first kappa shape index (κ1) is 9.88. The van der Waals surface area contributed by atoms with Crippen molar-refractivity contribution in [3.8, 4) is 0 Å². The lowest BCUT2D eigenvalue weighted by Gasteiger charge is -2.13. The van der Waals surface area contributed by atoms with E-state index in [4.69, 9.17) is 9.47 Å². The molecule has 0 aliphatic carbocycles. The Morgan fingerprint density at radius 2 is 1.80 bits per heavy atom. The number of ether oxygens (including phenoxy) is 2. The van der Waals surface area contributed by atoms with Crippen LogP contribution in [0.5, 0.6) is 0 Å². The Morgan fingerprint density at radius 3 is 2.20 bits per heavy atom. The van der Waals surface area contributed by atoms with Crippen molar-refractivity contribution in [2.24, 2.45) is 0 Å². The summed E-state index contributed by atoms with van der Waals surface area (Å²) in [6.07, 6.45) is 0.308. The Labute approximate surface area is 62.7 Å². The molecule has 0 aromatic heterocycles. The smallest absolute Gasteiger partial charge is 0.149 e. The molecule has 0 amide bonds. The van der Waals surface area contributed by atoms with Crippen molar-refractivity contribution in [2.45, 2.75) is 33.1 Å². The van der Waals surface area contributed by atoms with E-state index in [0.29, 0.717) is 6.79 Å². The van der Waals surface area contributed by atoms with E-state index in [1.165, 1.54) is 0 Å². The molecule has 3 nitrogen and oxygen atoms in total. The summed E-state index contributed by atoms with van der Waals surface area (Å²) < 4.78 is 10.3. The third kappa shape index (κ3) is 6.01. The van der Waals surface area contributed by atoms with Crippen molar-refractivity contribution in [2.75, 3.05) is 13.8 Å². The van der Waals surface area contributed by atoms with Gasteiger partial charge in [-0.2, -0.15) is 0 Å². The van der Waals surface area contributed by atoms with Crippen LogP contribution in [-0.4, -0.2) is 26.2 Å². The van der Waals surface area contributed by atoms with Gasteiger partial charge < -0.3 is 9.47 Å². The van der Waals surface area contributed by atoms with Gasteiger partial charge in [0.15, 0.2) is 0 Å². The zero-order valence-corrected chi connectivity index (χ0v) is 7.18. The third-order valence-corrected chi connectivity index (χ3v) is 1.13. The van der Waals surface area contributed by atoms with Crippen LogP contribution in [0.2, 0.25) is 0 Å². The second-order valence-electron chi connectivity index (χ2n) is 2.43. The highest BCUT2D eigenvalue weighted by Crippen LogP contribution is 1.90. The van der Waals surface area contributed by atoms with Crippen molar-refractivity contribution in [1.82, 2.24) is 5.32 Å². The van der Waals surface area contributed by atoms with E-state index in [-0.39, 0.29) is 12.3 Å². The fraction of sp³-hybridized carbons (Fsp3) is 1.00. The van der Waals surface area contributed by atoms with Gasteiger partial charge in [-0.3, -0.25) is 5.32 Å². The van der Waals surface area contributed by atoms with Crippen molar-refractivity contribution in [1.29, 1.82) is 0 Å². The second kappa shape index (κ2) is 5.65. The van der Waals surface area contributed by atoms with Gasteiger partial charge >= 0.3 is 0 Å². The molecule has 0 rings (SSSR count). The molecule has 62 valence electrons. The van der Waals surface area contributed by atoms with Gasteiger partial charge in [-0.05, 0) is 27.8 Å². The van der Waals surface area contributed by atoms with Gasteiger partial charge in [0.1, 0.15) is 13.0 Å². The van der Waals surface area contributed by atoms with E-state index < -0.39 is 0 Å². The first-order valence-electron chi connectivity index (χ1n) is 3.57. The average Bonchev–Trinajstić information content (AvgIpc) is 1.87. The molecule has 0 aromatic carbocycles. The summed E-state index contributed by atoms with van der Waals surface area (Å²) in [4.78, 5) is 0. The van der Waals surface area contributed by atoms with Crippen LogP contribution >= 0.6 is 0 Å². The minimum atomic E-state index is 0.0683. The van der Waals surface area contributed by atoms with Crippen molar-refractivity contribution < 1.29 is 9.47 Å². The summed E-state index contributed by atoms with van der Waals surface area (Å²) in [7, 11) is 1.85. The lowest BCUT2D eigenvalue weighted by molar-refractivity contribution is -0.110. The maximum absolute atomic E-state index is 5.17. The maximum Gasteiger partial charge on any atom is 0.149 e. The molecule has 1 atom stereocenters. The molecule has 0 fully saturated rings.